The minimum Gasteiger partial charge on any atom is -0.497 e. The van der Waals surface area contributed by atoms with Crippen molar-refractivity contribution < 1.29 is 17.9 Å². The number of anilines is 2. The fourth-order valence-electron chi connectivity index (χ4n) is 3.58. The van der Waals surface area contributed by atoms with Crippen LogP contribution in [0.4, 0.5) is 10.8 Å². The normalized spacial score (nSPS) is 11.6. The molecule has 1 amide bonds. The molecule has 4 aromatic rings. The van der Waals surface area contributed by atoms with Crippen LogP contribution in [0.5, 0.6) is 5.75 Å². The molecule has 0 aliphatic carbocycles. The van der Waals surface area contributed by atoms with Gasteiger partial charge in [0.05, 0.1) is 27.9 Å². The van der Waals surface area contributed by atoms with Crippen molar-refractivity contribution in [2.75, 3.05) is 50.5 Å². The Kier molecular flexibility index (Phi) is 7.58. The van der Waals surface area contributed by atoms with Crippen molar-refractivity contribution in [1.29, 1.82) is 0 Å². The van der Waals surface area contributed by atoms with Gasteiger partial charge in [-0.3, -0.25) is 14.0 Å². The number of methoxy groups -OCH3 is 1. The van der Waals surface area contributed by atoms with Crippen molar-refractivity contribution in [2.24, 2.45) is 0 Å². The lowest BCUT2D eigenvalue weighted by molar-refractivity contribution is 0.0985. The molecule has 0 unspecified atom stereocenters. The molecule has 0 saturated heterocycles. The van der Waals surface area contributed by atoms with Crippen LogP contribution in [0, 0.1) is 0 Å². The second-order valence-corrected chi connectivity index (χ2v) is 11.4. The fraction of sp³-hybridized carbons (Fsp3) is 0.231. The number of hydrogen-bond donors (Lipinski definition) is 0. The Morgan fingerprint density at radius 1 is 0.944 bits per heavy atom. The Labute approximate surface area is 215 Å². The number of benzene rings is 3. The summed E-state index contributed by atoms with van der Waals surface area (Å²) in [5.41, 5.74) is 1.72. The summed E-state index contributed by atoms with van der Waals surface area (Å²) in [6, 6.07) is 20.5. The number of fused-ring (bicyclic) bond motifs is 1. The van der Waals surface area contributed by atoms with E-state index in [0.717, 1.165) is 16.0 Å². The number of thiazole rings is 1. The predicted molar refractivity (Wildman–Crippen MR) is 145 cm³/mol. The molecule has 0 bridgehead atoms. The quantitative estimate of drug-likeness (QED) is 0.324. The first-order valence-corrected chi connectivity index (χ1v) is 13.5. The average Bonchev–Trinajstić information content (AvgIpc) is 3.31. The number of sulfonamides is 1. The molecule has 36 heavy (non-hydrogen) atoms. The Hall–Kier alpha value is -3.47. The van der Waals surface area contributed by atoms with Crippen LogP contribution in [0.3, 0.4) is 0 Å². The molecule has 10 heteroatoms. The van der Waals surface area contributed by atoms with Crippen molar-refractivity contribution in [1.82, 2.24) is 9.88 Å². The Morgan fingerprint density at radius 2 is 1.64 bits per heavy atom. The van der Waals surface area contributed by atoms with Gasteiger partial charge in [0.2, 0.25) is 0 Å². The van der Waals surface area contributed by atoms with Crippen molar-refractivity contribution >= 4 is 48.3 Å². The Bertz CT molecular complexity index is 1450. The number of ether oxygens (including phenoxy) is 1. The van der Waals surface area contributed by atoms with E-state index >= 15 is 0 Å². The van der Waals surface area contributed by atoms with E-state index in [-0.39, 0.29) is 10.8 Å². The highest BCUT2D eigenvalue weighted by Crippen LogP contribution is 2.32. The zero-order valence-corrected chi connectivity index (χ0v) is 22.2. The van der Waals surface area contributed by atoms with Crippen molar-refractivity contribution in [3.05, 3.63) is 78.4 Å². The number of likely N-dealkylation sites (N-methyl/N-ethyl adjacent to an activating group) is 1. The lowest BCUT2D eigenvalue weighted by atomic mass is 10.2. The number of rotatable bonds is 9. The first-order chi connectivity index (χ1) is 17.2. The molecule has 8 nitrogen and oxygen atoms in total. The van der Waals surface area contributed by atoms with Crippen LogP contribution in [-0.2, 0) is 10.0 Å². The molecule has 0 aliphatic rings. The van der Waals surface area contributed by atoms with Crippen LogP contribution in [-0.4, -0.2) is 65.6 Å². The van der Waals surface area contributed by atoms with E-state index in [1.807, 2.05) is 43.3 Å². The largest absolute Gasteiger partial charge is 0.497 e. The Morgan fingerprint density at radius 3 is 2.28 bits per heavy atom. The summed E-state index contributed by atoms with van der Waals surface area (Å²) in [7, 11) is 3.22. The molecule has 0 saturated carbocycles. The van der Waals surface area contributed by atoms with Gasteiger partial charge in [0, 0.05) is 25.7 Å². The number of amides is 1. The highest BCUT2D eigenvalue weighted by Gasteiger charge is 2.24. The van der Waals surface area contributed by atoms with Gasteiger partial charge in [0.15, 0.2) is 5.13 Å². The lowest BCUT2D eigenvalue weighted by Crippen LogP contribution is -2.36. The van der Waals surface area contributed by atoms with E-state index in [1.165, 1.54) is 34.8 Å². The molecule has 0 aliphatic heterocycles. The van der Waals surface area contributed by atoms with Crippen LogP contribution < -0.4 is 13.9 Å². The van der Waals surface area contributed by atoms with E-state index in [0.29, 0.717) is 29.5 Å². The summed E-state index contributed by atoms with van der Waals surface area (Å²) in [4.78, 5) is 22.0. The van der Waals surface area contributed by atoms with Gasteiger partial charge in [-0.05, 0) is 68.7 Å². The van der Waals surface area contributed by atoms with Crippen molar-refractivity contribution in [2.45, 2.75) is 4.90 Å². The molecule has 0 N–H and O–H groups in total. The zero-order chi connectivity index (χ0) is 25.9. The number of hydrogen-bond acceptors (Lipinski definition) is 7. The molecule has 1 heterocycles. The van der Waals surface area contributed by atoms with E-state index in [1.54, 1.807) is 48.4 Å². The molecule has 0 atom stereocenters. The molecule has 1 aromatic heterocycles. The van der Waals surface area contributed by atoms with Gasteiger partial charge in [0.1, 0.15) is 5.75 Å². The van der Waals surface area contributed by atoms with Crippen molar-refractivity contribution in [3.63, 3.8) is 0 Å². The maximum absolute atomic E-state index is 13.6. The van der Waals surface area contributed by atoms with Crippen LogP contribution >= 0.6 is 11.3 Å². The van der Waals surface area contributed by atoms with Gasteiger partial charge in [-0.15, -0.1) is 0 Å². The minimum absolute atomic E-state index is 0.109. The third kappa shape index (κ3) is 5.35. The highest BCUT2D eigenvalue weighted by atomic mass is 32.2. The van der Waals surface area contributed by atoms with Gasteiger partial charge in [-0.1, -0.05) is 29.5 Å². The summed E-state index contributed by atoms with van der Waals surface area (Å²) in [6.07, 6.45) is 0. The summed E-state index contributed by atoms with van der Waals surface area (Å²) in [6.45, 7) is 1.07. The number of carbonyl (C=O) groups is 1. The SMILES string of the molecule is COc1ccc2nc(N(CCN(C)C)C(=O)c3ccc(S(=O)(=O)N(C)c4ccccc4)cc3)sc2c1. The van der Waals surface area contributed by atoms with Gasteiger partial charge in [0.25, 0.3) is 15.9 Å². The molecule has 0 fully saturated rings. The molecule has 0 radical (unpaired) electrons. The summed E-state index contributed by atoms with van der Waals surface area (Å²) in [5.74, 6) is 0.476. The van der Waals surface area contributed by atoms with Crippen LogP contribution in [0.1, 0.15) is 10.4 Å². The van der Waals surface area contributed by atoms with E-state index in [2.05, 4.69) is 4.98 Å². The number of aromatic nitrogens is 1. The topological polar surface area (TPSA) is 83.0 Å². The smallest absolute Gasteiger partial charge is 0.264 e. The Balaban J connectivity index is 1.63. The molecule has 188 valence electrons. The molecule has 4 rings (SSSR count). The second-order valence-electron chi connectivity index (χ2n) is 8.42. The lowest BCUT2D eigenvalue weighted by Gasteiger charge is -2.22. The van der Waals surface area contributed by atoms with Crippen LogP contribution in [0.15, 0.2) is 77.7 Å². The number of para-hydroxylation sites is 1. The van der Waals surface area contributed by atoms with E-state index in [4.69, 9.17) is 4.74 Å². The highest BCUT2D eigenvalue weighted by molar-refractivity contribution is 7.92. The second kappa shape index (κ2) is 10.7. The van der Waals surface area contributed by atoms with Crippen LogP contribution in [0.2, 0.25) is 0 Å². The van der Waals surface area contributed by atoms with Gasteiger partial charge in [-0.2, -0.15) is 0 Å². The minimum atomic E-state index is -3.77. The number of nitrogens with zero attached hydrogens (tertiary/aromatic N) is 4. The summed E-state index contributed by atoms with van der Waals surface area (Å²) in [5, 5.41) is 0.575. The van der Waals surface area contributed by atoms with Gasteiger partial charge >= 0.3 is 0 Å². The van der Waals surface area contributed by atoms with Gasteiger partial charge in [-0.25, -0.2) is 13.4 Å². The zero-order valence-electron chi connectivity index (χ0n) is 20.6. The maximum Gasteiger partial charge on any atom is 0.264 e. The average molecular weight is 525 g/mol. The van der Waals surface area contributed by atoms with Crippen molar-refractivity contribution in [3.8, 4) is 5.75 Å². The molecule has 0 spiro atoms. The maximum atomic E-state index is 13.6. The van der Waals surface area contributed by atoms with E-state index in [9.17, 15) is 13.2 Å². The third-order valence-electron chi connectivity index (χ3n) is 5.71. The summed E-state index contributed by atoms with van der Waals surface area (Å²) < 4.78 is 33.7. The monoisotopic (exact) mass is 524 g/mol. The number of carbonyl (C=O) groups excluding carboxylic acids is 1. The summed E-state index contributed by atoms with van der Waals surface area (Å²) >= 11 is 1.41. The standard InChI is InChI=1S/C26H28N4O4S2/c1-28(2)16-17-30(26-27-23-15-12-21(34-4)18-24(23)35-26)25(31)19-10-13-22(14-11-19)36(32,33)29(3)20-8-6-5-7-9-20/h5-15,18H,16-17H2,1-4H3. The predicted octanol–water partition coefficient (Wildman–Crippen LogP) is 4.34. The fourth-order valence-corrected chi connectivity index (χ4v) is 5.79. The van der Waals surface area contributed by atoms with Crippen LogP contribution in [0.25, 0.3) is 10.2 Å². The van der Waals surface area contributed by atoms with E-state index < -0.39 is 10.0 Å². The molecule has 3 aromatic carbocycles. The van der Waals surface area contributed by atoms with Gasteiger partial charge < -0.3 is 9.64 Å². The molecular formula is C26H28N4O4S2. The third-order valence-corrected chi connectivity index (χ3v) is 8.55. The first-order valence-electron chi connectivity index (χ1n) is 11.3. The first kappa shape index (κ1) is 25.6. The molecular weight excluding hydrogens is 496 g/mol.